The zero-order valence-corrected chi connectivity index (χ0v) is 16.6. The molecule has 0 bridgehead atoms. The third kappa shape index (κ3) is 2.92. The summed E-state index contributed by atoms with van der Waals surface area (Å²) in [5.74, 6) is -0.333. The Hall–Kier alpha value is -4.19. The summed E-state index contributed by atoms with van der Waals surface area (Å²) < 4.78 is 0. The van der Waals surface area contributed by atoms with Gasteiger partial charge >= 0.3 is 0 Å². The first-order valence-corrected chi connectivity index (χ1v) is 10.3. The highest BCUT2D eigenvalue weighted by Crippen LogP contribution is 2.36. The number of nitrogens with one attached hydrogen (secondary N) is 3. The van der Waals surface area contributed by atoms with Crippen molar-refractivity contribution in [1.29, 1.82) is 0 Å². The number of amides is 1. The van der Waals surface area contributed by atoms with E-state index in [1.807, 2.05) is 30.5 Å². The highest BCUT2D eigenvalue weighted by atomic mass is 16.2. The van der Waals surface area contributed by atoms with Crippen molar-refractivity contribution in [2.24, 2.45) is 5.10 Å². The number of para-hydroxylation sites is 1. The van der Waals surface area contributed by atoms with Crippen molar-refractivity contribution in [3.05, 3.63) is 89.2 Å². The SMILES string of the molecule is O=C(N/N=C\c1c[nH]c2ccccc12)c1cc(-c2ccc3c4c(cccc24)CC3)n[nH]1. The van der Waals surface area contributed by atoms with E-state index in [1.54, 1.807) is 12.3 Å². The van der Waals surface area contributed by atoms with Crippen LogP contribution in [0.1, 0.15) is 27.2 Å². The summed E-state index contributed by atoms with van der Waals surface area (Å²) in [7, 11) is 0. The predicted octanol–water partition coefficient (Wildman–Crippen LogP) is 4.57. The van der Waals surface area contributed by atoms with E-state index in [0.717, 1.165) is 40.6 Å². The largest absolute Gasteiger partial charge is 0.361 e. The van der Waals surface area contributed by atoms with Crippen molar-refractivity contribution >= 4 is 33.8 Å². The van der Waals surface area contributed by atoms with Crippen LogP contribution in [0.25, 0.3) is 32.9 Å². The van der Waals surface area contributed by atoms with E-state index >= 15 is 0 Å². The van der Waals surface area contributed by atoms with Gasteiger partial charge in [0.05, 0.1) is 11.9 Å². The van der Waals surface area contributed by atoms with E-state index in [4.69, 9.17) is 0 Å². The highest BCUT2D eigenvalue weighted by molar-refractivity contribution is 6.02. The lowest BCUT2D eigenvalue weighted by atomic mass is 9.98. The van der Waals surface area contributed by atoms with Gasteiger partial charge in [-0.1, -0.05) is 48.5 Å². The Morgan fingerprint density at radius 2 is 1.84 bits per heavy atom. The van der Waals surface area contributed by atoms with Crippen LogP contribution in [0.5, 0.6) is 0 Å². The summed E-state index contributed by atoms with van der Waals surface area (Å²) in [5.41, 5.74) is 9.43. The molecule has 3 aromatic carbocycles. The van der Waals surface area contributed by atoms with E-state index in [2.05, 4.69) is 56.0 Å². The Morgan fingerprint density at radius 3 is 2.77 bits per heavy atom. The zero-order chi connectivity index (χ0) is 20.8. The number of aryl methyl sites for hydroxylation is 2. The molecule has 0 aliphatic heterocycles. The fraction of sp³-hybridized carbons (Fsp3) is 0.0800. The molecular formula is C25H19N5O. The van der Waals surface area contributed by atoms with E-state index in [1.165, 1.54) is 21.9 Å². The molecule has 0 saturated carbocycles. The van der Waals surface area contributed by atoms with Gasteiger partial charge in [0.25, 0.3) is 5.91 Å². The lowest BCUT2D eigenvalue weighted by molar-refractivity contribution is 0.0950. The third-order valence-electron chi connectivity index (χ3n) is 5.97. The van der Waals surface area contributed by atoms with Crippen LogP contribution < -0.4 is 5.43 Å². The Morgan fingerprint density at radius 1 is 1.00 bits per heavy atom. The first-order valence-electron chi connectivity index (χ1n) is 10.3. The van der Waals surface area contributed by atoms with Crippen molar-refractivity contribution in [2.75, 3.05) is 0 Å². The van der Waals surface area contributed by atoms with Gasteiger partial charge in [0.1, 0.15) is 5.69 Å². The van der Waals surface area contributed by atoms with Crippen molar-refractivity contribution in [3.63, 3.8) is 0 Å². The van der Waals surface area contributed by atoms with Crippen LogP contribution in [-0.2, 0) is 12.8 Å². The van der Waals surface area contributed by atoms with Gasteiger partial charge in [-0.15, -0.1) is 0 Å². The molecule has 0 saturated heterocycles. The number of fused-ring (bicyclic) bond motifs is 1. The minimum absolute atomic E-state index is 0.333. The average Bonchev–Trinajstić information content (AvgIpc) is 3.54. The first kappa shape index (κ1) is 17.7. The summed E-state index contributed by atoms with van der Waals surface area (Å²) in [5, 5.41) is 14.9. The first-order chi connectivity index (χ1) is 15.3. The molecular weight excluding hydrogens is 386 g/mol. The van der Waals surface area contributed by atoms with Crippen LogP contribution >= 0.6 is 0 Å². The van der Waals surface area contributed by atoms with Crippen LogP contribution in [0, 0.1) is 0 Å². The van der Waals surface area contributed by atoms with Crippen LogP contribution in [0.4, 0.5) is 0 Å². The number of hydrogen-bond donors (Lipinski definition) is 3. The molecule has 0 radical (unpaired) electrons. The lowest BCUT2D eigenvalue weighted by Crippen LogP contribution is -2.17. The van der Waals surface area contributed by atoms with Crippen LogP contribution in [0.3, 0.4) is 0 Å². The molecule has 1 aliphatic rings. The molecule has 1 aliphatic carbocycles. The molecule has 3 N–H and O–H groups in total. The number of hydrazone groups is 1. The topological polar surface area (TPSA) is 85.9 Å². The van der Waals surface area contributed by atoms with Gasteiger partial charge < -0.3 is 4.98 Å². The van der Waals surface area contributed by atoms with E-state index in [-0.39, 0.29) is 5.91 Å². The van der Waals surface area contributed by atoms with Crippen molar-refractivity contribution in [2.45, 2.75) is 12.8 Å². The van der Waals surface area contributed by atoms with Crippen LogP contribution in [0.15, 0.2) is 72.0 Å². The number of carbonyl (C=O) groups is 1. The van der Waals surface area contributed by atoms with Gasteiger partial charge in [0, 0.05) is 28.2 Å². The highest BCUT2D eigenvalue weighted by Gasteiger charge is 2.18. The predicted molar refractivity (Wildman–Crippen MR) is 122 cm³/mol. The van der Waals surface area contributed by atoms with E-state index in [0.29, 0.717) is 5.69 Å². The molecule has 0 fully saturated rings. The van der Waals surface area contributed by atoms with Crippen LogP contribution in [0.2, 0.25) is 0 Å². The molecule has 2 aromatic heterocycles. The van der Waals surface area contributed by atoms with Crippen molar-refractivity contribution in [3.8, 4) is 11.3 Å². The normalized spacial score (nSPS) is 12.9. The second kappa shape index (κ2) is 6.95. The van der Waals surface area contributed by atoms with Gasteiger partial charge in [-0.25, -0.2) is 5.43 Å². The molecule has 0 atom stereocenters. The molecule has 6 heteroatoms. The average molecular weight is 405 g/mol. The maximum atomic E-state index is 12.6. The molecule has 0 spiro atoms. The van der Waals surface area contributed by atoms with E-state index in [9.17, 15) is 4.79 Å². The molecule has 0 unspecified atom stereocenters. The maximum Gasteiger partial charge on any atom is 0.289 e. The minimum atomic E-state index is -0.333. The second-order valence-corrected chi connectivity index (χ2v) is 7.77. The molecule has 2 heterocycles. The smallest absolute Gasteiger partial charge is 0.289 e. The number of carbonyl (C=O) groups excluding carboxylic acids is 1. The summed E-state index contributed by atoms with van der Waals surface area (Å²) in [6.07, 6.45) is 5.67. The lowest BCUT2D eigenvalue weighted by Gasteiger charge is -2.06. The van der Waals surface area contributed by atoms with Crippen LogP contribution in [-0.4, -0.2) is 27.3 Å². The monoisotopic (exact) mass is 405 g/mol. The number of aromatic amines is 2. The van der Waals surface area contributed by atoms with Crippen molar-refractivity contribution in [1.82, 2.24) is 20.6 Å². The number of aromatic nitrogens is 3. The quantitative estimate of drug-likeness (QED) is 0.302. The number of hydrogen-bond acceptors (Lipinski definition) is 3. The van der Waals surface area contributed by atoms with Gasteiger partial charge in [-0.05, 0) is 46.9 Å². The van der Waals surface area contributed by atoms with E-state index < -0.39 is 0 Å². The second-order valence-electron chi connectivity index (χ2n) is 7.77. The fourth-order valence-electron chi connectivity index (χ4n) is 4.47. The summed E-state index contributed by atoms with van der Waals surface area (Å²) >= 11 is 0. The Balaban J connectivity index is 1.25. The number of rotatable bonds is 4. The summed E-state index contributed by atoms with van der Waals surface area (Å²) in [6.45, 7) is 0. The van der Waals surface area contributed by atoms with Crippen molar-refractivity contribution < 1.29 is 4.79 Å². The Kier molecular flexibility index (Phi) is 3.96. The molecule has 1 amide bonds. The number of nitrogens with zero attached hydrogens (tertiary/aromatic N) is 2. The van der Waals surface area contributed by atoms with Gasteiger partial charge in [0.2, 0.25) is 0 Å². The molecule has 6 rings (SSSR count). The van der Waals surface area contributed by atoms with Gasteiger partial charge in [-0.2, -0.15) is 10.2 Å². The van der Waals surface area contributed by atoms with Gasteiger partial charge in [0.15, 0.2) is 0 Å². The standard InChI is InChI=1S/C25H19N5O/c31-25(30-27-14-17-13-26-21-7-2-1-5-18(17)21)23-12-22(28-29-23)19-11-10-16-9-8-15-4-3-6-20(19)24(15)16/h1-7,10-14,26H,8-9H2,(H,28,29)(H,30,31)/b27-14-. The molecule has 150 valence electrons. The minimum Gasteiger partial charge on any atom is -0.361 e. The molecule has 31 heavy (non-hydrogen) atoms. The fourth-order valence-corrected chi connectivity index (χ4v) is 4.47. The maximum absolute atomic E-state index is 12.6. The number of H-pyrrole nitrogens is 2. The molecule has 5 aromatic rings. The molecule has 6 nitrogen and oxygen atoms in total. The van der Waals surface area contributed by atoms with Gasteiger partial charge in [-0.3, -0.25) is 9.89 Å². The summed E-state index contributed by atoms with van der Waals surface area (Å²) in [4.78, 5) is 15.7. The Bertz CT molecular complexity index is 1480. The summed E-state index contributed by atoms with van der Waals surface area (Å²) in [6, 6.07) is 20.4. The zero-order valence-electron chi connectivity index (χ0n) is 16.6. The number of benzene rings is 3. The Labute approximate surface area is 178 Å². The third-order valence-corrected chi connectivity index (χ3v) is 5.97.